The van der Waals surface area contributed by atoms with E-state index in [1.807, 2.05) is 0 Å². The van der Waals surface area contributed by atoms with Gasteiger partial charge in [-0.25, -0.2) is 4.79 Å². The van der Waals surface area contributed by atoms with Gasteiger partial charge in [0.1, 0.15) is 24.1 Å². The molecule has 2 heterocycles. The van der Waals surface area contributed by atoms with Crippen LogP contribution in [0.15, 0.2) is 17.1 Å². The maximum absolute atomic E-state index is 12.2. The van der Waals surface area contributed by atoms with Gasteiger partial charge in [0.15, 0.2) is 25.8 Å². The summed E-state index contributed by atoms with van der Waals surface area (Å²) in [6.07, 6.45) is 3.19. The first-order valence-corrected chi connectivity index (χ1v) is 13.6. The Morgan fingerprint density at radius 2 is 1.83 bits per heavy atom. The summed E-state index contributed by atoms with van der Waals surface area (Å²) in [6.45, 7) is 9.08. The standard InChI is InChI=1S/C19H37N3O5Si2/c1-5-12(6-2)28-25-11-14-17(27-29-13(7-3)8-4)16(23)18(26-14)22-10-9-15(20)21-19(22)24/h9-10,12-14,16-18,23H,5-8,11,28-29H2,1-4H3,(H2,20,21,24). The molecule has 0 saturated carbocycles. The number of aromatic nitrogens is 2. The van der Waals surface area contributed by atoms with Gasteiger partial charge < -0.3 is 24.4 Å². The van der Waals surface area contributed by atoms with Crippen LogP contribution in [0.2, 0.25) is 11.1 Å². The molecule has 166 valence electrons. The maximum atomic E-state index is 12.2. The number of aliphatic hydroxyl groups excluding tert-OH is 1. The van der Waals surface area contributed by atoms with Crippen LogP contribution in [-0.4, -0.2) is 59.1 Å². The molecule has 0 bridgehead atoms. The molecule has 1 aliphatic heterocycles. The van der Waals surface area contributed by atoms with Crippen LogP contribution in [0.5, 0.6) is 0 Å². The van der Waals surface area contributed by atoms with Crippen molar-refractivity contribution in [3.63, 3.8) is 0 Å². The zero-order valence-corrected chi connectivity index (χ0v) is 20.9. The van der Waals surface area contributed by atoms with Gasteiger partial charge in [0.2, 0.25) is 0 Å². The minimum Gasteiger partial charge on any atom is -0.421 e. The van der Waals surface area contributed by atoms with E-state index in [1.54, 1.807) is 0 Å². The molecule has 1 fully saturated rings. The second kappa shape index (κ2) is 12.0. The van der Waals surface area contributed by atoms with Crippen molar-refractivity contribution < 1.29 is 18.7 Å². The van der Waals surface area contributed by atoms with Crippen molar-refractivity contribution in [2.24, 2.45) is 0 Å². The van der Waals surface area contributed by atoms with Crippen LogP contribution < -0.4 is 11.4 Å². The van der Waals surface area contributed by atoms with Gasteiger partial charge in [-0.05, 0) is 17.1 Å². The minimum absolute atomic E-state index is 0.142. The van der Waals surface area contributed by atoms with Crippen molar-refractivity contribution in [3.05, 3.63) is 22.7 Å². The van der Waals surface area contributed by atoms with Crippen molar-refractivity contribution in [1.82, 2.24) is 9.55 Å². The molecule has 0 aliphatic carbocycles. The number of ether oxygens (including phenoxy) is 1. The number of nitrogens with zero attached hydrogens (tertiary/aromatic N) is 2. The molecular weight excluding hydrogens is 406 g/mol. The van der Waals surface area contributed by atoms with E-state index in [2.05, 4.69) is 32.7 Å². The molecule has 4 atom stereocenters. The third-order valence-corrected chi connectivity index (χ3v) is 10.2. The van der Waals surface area contributed by atoms with Gasteiger partial charge in [0, 0.05) is 6.20 Å². The van der Waals surface area contributed by atoms with Crippen LogP contribution in [-0.2, 0) is 13.6 Å². The van der Waals surface area contributed by atoms with Crippen LogP contribution in [0.4, 0.5) is 5.82 Å². The lowest BCUT2D eigenvalue weighted by molar-refractivity contribution is -0.0511. The van der Waals surface area contributed by atoms with Gasteiger partial charge in [-0.15, -0.1) is 0 Å². The Bertz CT molecular complexity index is 669. The van der Waals surface area contributed by atoms with Gasteiger partial charge in [0.05, 0.1) is 6.61 Å². The molecule has 10 heteroatoms. The smallest absolute Gasteiger partial charge is 0.351 e. The molecule has 0 radical (unpaired) electrons. The van der Waals surface area contributed by atoms with Gasteiger partial charge in [-0.2, -0.15) is 4.98 Å². The normalized spacial score (nSPS) is 25.5. The molecule has 29 heavy (non-hydrogen) atoms. The van der Waals surface area contributed by atoms with E-state index in [0.717, 1.165) is 25.7 Å². The number of anilines is 1. The number of hydrogen-bond donors (Lipinski definition) is 2. The molecular formula is C19H37N3O5Si2. The Morgan fingerprint density at radius 1 is 1.21 bits per heavy atom. The van der Waals surface area contributed by atoms with E-state index in [9.17, 15) is 9.90 Å². The van der Waals surface area contributed by atoms with E-state index in [4.69, 9.17) is 19.3 Å². The molecule has 1 aromatic rings. The highest BCUT2D eigenvalue weighted by Crippen LogP contribution is 2.32. The summed E-state index contributed by atoms with van der Waals surface area (Å²) in [7, 11) is -1.52. The van der Waals surface area contributed by atoms with Gasteiger partial charge in [-0.1, -0.05) is 53.4 Å². The van der Waals surface area contributed by atoms with E-state index < -0.39 is 49.8 Å². The molecule has 3 N–H and O–H groups in total. The molecule has 4 unspecified atom stereocenters. The second-order valence-corrected chi connectivity index (χ2v) is 11.5. The molecule has 8 nitrogen and oxygen atoms in total. The lowest BCUT2D eigenvalue weighted by Crippen LogP contribution is -2.39. The Labute approximate surface area is 178 Å². The Balaban J connectivity index is 2.12. The lowest BCUT2D eigenvalue weighted by Gasteiger charge is -2.24. The van der Waals surface area contributed by atoms with Crippen molar-refractivity contribution >= 4 is 25.3 Å². The SMILES string of the molecule is CCC(CC)[SiH2]OCC1OC(n2ccc(N)nc2=O)C(O)C1O[SiH2]C(CC)CC. The van der Waals surface area contributed by atoms with E-state index >= 15 is 0 Å². The average molecular weight is 444 g/mol. The Morgan fingerprint density at radius 3 is 2.41 bits per heavy atom. The van der Waals surface area contributed by atoms with Crippen molar-refractivity contribution in [1.29, 1.82) is 0 Å². The molecule has 0 aromatic carbocycles. The van der Waals surface area contributed by atoms with Gasteiger partial charge >= 0.3 is 5.69 Å². The summed E-state index contributed by atoms with van der Waals surface area (Å²) in [5.74, 6) is 0.142. The van der Waals surface area contributed by atoms with Crippen molar-refractivity contribution in [2.75, 3.05) is 12.3 Å². The summed E-state index contributed by atoms with van der Waals surface area (Å²) in [4.78, 5) is 16.0. The third-order valence-electron chi connectivity index (χ3n) is 5.90. The maximum Gasteiger partial charge on any atom is 0.351 e. The summed E-state index contributed by atoms with van der Waals surface area (Å²) in [5, 5.41) is 10.9. The summed E-state index contributed by atoms with van der Waals surface area (Å²) in [6, 6.07) is 1.52. The fourth-order valence-electron chi connectivity index (χ4n) is 3.56. The predicted octanol–water partition coefficient (Wildman–Crippen LogP) is 0.870. The quantitative estimate of drug-likeness (QED) is 0.461. The fourth-order valence-corrected chi connectivity index (χ4v) is 6.11. The predicted molar refractivity (Wildman–Crippen MR) is 119 cm³/mol. The lowest BCUT2D eigenvalue weighted by atomic mass is 10.1. The Kier molecular flexibility index (Phi) is 10.00. The average Bonchev–Trinajstić information content (AvgIpc) is 3.01. The van der Waals surface area contributed by atoms with Gasteiger partial charge in [0.25, 0.3) is 0 Å². The highest BCUT2D eigenvalue weighted by Gasteiger charge is 2.45. The highest BCUT2D eigenvalue weighted by atomic mass is 28.2. The van der Waals surface area contributed by atoms with Crippen LogP contribution in [0.3, 0.4) is 0 Å². The number of rotatable bonds is 12. The molecule has 0 spiro atoms. The van der Waals surface area contributed by atoms with Crippen LogP contribution in [0.1, 0.15) is 59.6 Å². The van der Waals surface area contributed by atoms with Crippen LogP contribution >= 0.6 is 0 Å². The molecule has 1 saturated heterocycles. The first-order valence-electron chi connectivity index (χ1n) is 10.8. The summed E-state index contributed by atoms with van der Waals surface area (Å²) < 4.78 is 19.6. The summed E-state index contributed by atoms with van der Waals surface area (Å²) in [5.41, 5.74) is 6.24. The number of hydrogen-bond acceptors (Lipinski definition) is 7. The first-order chi connectivity index (χ1) is 13.9. The Hall–Kier alpha value is -1.05. The van der Waals surface area contributed by atoms with Crippen LogP contribution in [0.25, 0.3) is 0 Å². The molecule has 0 amide bonds. The first kappa shape index (κ1) is 24.2. The zero-order valence-electron chi connectivity index (χ0n) is 18.1. The molecule has 1 aromatic heterocycles. The molecule has 2 rings (SSSR count). The fraction of sp³-hybridized carbons (Fsp3) is 0.789. The molecule has 1 aliphatic rings. The zero-order chi connectivity index (χ0) is 21.4. The number of nitrogens with two attached hydrogens (primary N) is 1. The number of aliphatic hydroxyl groups is 1. The minimum atomic E-state index is -0.955. The summed E-state index contributed by atoms with van der Waals surface area (Å²) >= 11 is 0. The number of nitrogen functional groups attached to an aromatic ring is 1. The monoisotopic (exact) mass is 443 g/mol. The largest absolute Gasteiger partial charge is 0.421 e. The highest BCUT2D eigenvalue weighted by molar-refractivity contribution is 6.29. The van der Waals surface area contributed by atoms with Gasteiger partial charge in [-0.3, -0.25) is 4.57 Å². The third kappa shape index (κ3) is 6.46. The van der Waals surface area contributed by atoms with E-state index in [-0.39, 0.29) is 5.82 Å². The van der Waals surface area contributed by atoms with E-state index in [0.29, 0.717) is 17.7 Å². The second-order valence-electron chi connectivity index (χ2n) is 7.80. The van der Waals surface area contributed by atoms with Crippen molar-refractivity contribution in [3.8, 4) is 0 Å². The van der Waals surface area contributed by atoms with Crippen molar-refractivity contribution in [2.45, 2.75) is 89.0 Å². The topological polar surface area (TPSA) is 109 Å². The van der Waals surface area contributed by atoms with E-state index in [1.165, 1.54) is 16.8 Å². The van der Waals surface area contributed by atoms with Crippen LogP contribution in [0, 0.1) is 0 Å².